The van der Waals surface area contributed by atoms with Gasteiger partial charge in [-0.3, -0.25) is 9.78 Å². The van der Waals surface area contributed by atoms with Crippen molar-refractivity contribution in [3.05, 3.63) is 65.0 Å². The highest BCUT2D eigenvalue weighted by molar-refractivity contribution is 5.68. The van der Waals surface area contributed by atoms with E-state index in [2.05, 4.69) is 17.1 Å². The number of carboxylic acids is 1. The van der Waals surface area contributed by atoms with Gasteiger partial charge >= 0.3 is 5.97 Å². The Morgan fingerprint density at radius 3 is 2.70 bits per heavy atom. The molecule has 2 rings (SSSR count). The molecule has 104 valence electrons. The van der Waals surface area contributed by atoms with E-state index in [0.717, 1.165) is 16.7 Å². The first-order valence-electron chi connectivity index (χ1n) is 6.74. The van der Waals surface area contributed by atoms with Crippen LogP contribution in [0, 0.1) is 13.8 Å². The van der Waals surface area contributed by atoms with E-state index in [0.29, 0.717) is 6.42 Å². The van der Waals surface area contributed by atoms with Gasteiger partial charge in [-0.05, 0) is 48.9 Å². The fourth-order valence-corrected chi connectivity index (χ4v) is 2.59. The lowest BCUT2D eigenvalue weighted by Crippen LogP contribution is -2.11. The number of pyridine rings is 1. The molecule has 0 fully saturated rings. The van der Waals surface area contributed by atoms with Gasteiger partial charge in [0.2, 0.25) is 0 Å². The topological polar surface area (TPSA) is 50.2 Å². The Morgan fingerprint density at radius 1 is 1.30 bits per heavy atom. The molecular formula is C17H19NO2. The van der Waals surface area contributed by atoms with Crippen molar-refractivity contribution in [2.75, 3.05) is 0 Å². The number of rotatable bonds is 5. The SMILES string of the molecule is Cc1ccc(C(CC(=O)O)Cc2cccnc2)c(C)c1. The quantitative estimate of drug-likeness (QED) is 0.903. The van der Waals surface area contributed by atoms with Crippen LogP contribution in [0.3, 0.4) is 0 Å². The first-order valence-corrected chi connectivity index (χ1v) is 6.74. The summed E-state index contributed by atoms with van der Waals surface area (Å²) in [6.07, 6.45) is 4.37. The summed E-state index contributed by atoms with van der Waals surface area (Å²) in [5.41, 5.74) is 4.53. The number of hydrogen-bond acceptors (Lipinski definition) is 2. The molecule has 20 heavy (non-hydrogen) atoms. The molecule has 0 bridgehead atoms. The molecule has 0 aliphatic heterocycles. The van der Waals surface area contributed by atoms with E-state index in [1.165, 1.54) is 5.56 Å². The molecule has 0 aliphatic carbocycles. The summed E-state index contributed by atoms with van der Waals surface area (Å²) in [7, 11) is 0. The van der Waals surface area contributed by atoms with Gasteiger partial charge < -0.3 is 5.11 Å². The molecule has 1 atom stereocenters. The molecule has 1 aromatic carbocycles. The molecule has 1 N–H and O–H groups in total. The third-order valence-corrected chi connectivity index (χ3v) is 3.49. The van der Waals surface area contributed by atoms with Crippen molar-refractivity contribution in [2.24, 2.45) is 0 Å². The average Bonchev–Trinajstić information content (AvgIpc) is 2.38. The van der Waals surface area contributed by atoms with Crippen LogP contribution in [-0.2, 0) is 11.2 Å². The number of aliphatic carboxylic acids is 1. The highest BCUT2D eigenvalue weighted by Gasteiger charge is 2.18. The molecule has 3 nitrogen and oxygen atoms in total. The third kappa shape index (κ3) is 3.67. The molecule has 0 saturated carbocycles. The molecule has 1 aromatic heterocycles. The normalized spacial score (nSPS) is 12.1. The summed E-state index contributed by atoms with van der Waals surface area (Å²) in [6.45, 7) is 4.09. The number of benzene rings is 1. The zero-order valence-electron chi connectivity index (χ0n) is 11.8. The molecule has 0 spiro atoms. The molecule has 0 saturated heterocycles. The zero-order chi connectivity index (χ0) is 14.5. The van der Waals surface area contributed by atoms with E-state index < -0.39 is 5.97 Å². The number of aromatic nitrogens is 1. The van der Waals surface area contributed by atoms with Crippen LogP contribution in [0.2, 0.25) is 0 Å². The maximum Gasteiger partial charge on any atom is 0.303 e. The Labute approximate surface area is 119 Å². The molecule has 0 amide bonds. The molecule has 1 heterocycles. The molecule has 0 aliphatic rings. The summed E-state index contributed by atoms with van der Waals surface area (Å²) in [6, 6.07) is 10.1. The van der Waals surface area contributed by atoms with Crippen LogP contribution in [0.5, 0.6) is 0 Å². The van der Waals surface area contributed by atoms with E-state index in [1.807, 2.05) is 32.0 Å². The van der Waals surface area contributed by atoms with Crippen LogP contribution in [0.15, 0.2) is 42.7 Å². The van der Waals surface area contributed by atoms with E-state index in [4.69, 9.17) is 5.11 Å². The highest BCUT2D eigenvalue weighted by Crippen LogP contribution is 2.27. The summed E-state index contributed by atoms with van der Waals surface area (Å²) in [4.78, 5) is 15.2. The van der Waals surface area contributed by atoms with Crippen molar-refractivity contribution in [3.63, 3.8) is 0 Å². The lowest BCUT2D eigenvalue weighted by molar-refractivity contribution is -0.137. The van der Waals surface area contributed by atoms with Crippen molar-refractivity contribution < 1.29 is 9.90 Å². The number of carbonyl (C=O) groups is 1. The molecule has 2 aromatic rings. The van der Waals surface area contributed by atoms with Gasteiger partial charge in [0.05, 0.1) is 6.42 Å². The Hall–Kier alpha value is -2.16. The molecule has 1 unspecified atom stereocenters. The van der Waals surface area contributed by atoms with E-state index >= 15 is 0 Å². The van der Waals surface area contributed by atoms with Crippen LogP contribution in [0.1, 0.15) is 34.6 Å². The second kappa shape index (κ2) is 6.33. The van der Waals surface area contributed by atoms with Crippen LogP contribution >= 0.6 is 0 Å². The van der Waals surface area contributed by atoms with Crippen molar-refractivity contribution in [1.29, 1.82) is 0 Å². The summed E-state index contributed by atoms with van der Waals surface area (Å²) in [5.74, 6) is -0.781. The number of carboxylic acid groups (broad SMARTS) is 1. The van der Waals surface area contributed by atoms with Gasteiger partial charge in [0, 0.05) is 12.4 Å². The Bertz CT molecular complexity index is 593. The van der Waals surface area contributed by atoms with Crippen molar-refractivity contribution in [1.82, 2.24) is 4.98 Å². The van der Waals surface area contributed by atoms with Crippen LogP contribution in [-0.4, -0.2) is 16.1 Å². The van der Waals surface area contributed by atoms with Crippen molar-refractivity contribution in [3.8, 4) is 0 Å². The Morgan fingerprint density at radius 2 is 2.10 bits per heavy atom. The lowest BCUT2D eigenvalue weighted by atomic mass is 9.86. The van der Waals surface area contributed by atoms with Gasteiger partial charge in [0.25, 0.3) is 0 Å². The van der Waals surface area contributed by atoms with E-state index in [9.17, 15) is 4.79 Å². The van der Waals surface area contributed by atoms with Crippen LogP contribution < -0.4 is 0 Å². The predicted molar refractivity (Wildman–Crippen MR) is 78.9 cm³/mol. The Balaban J connectivity index is 2.29. The largest absolute Gasteiger partial charge is 0.481 e. The first-order chi connectivity index (χ1) is 9.56. The van der Waals surface area contributed by atoms with E-state index in [1.54, 1.807) is 12.4 Å². The third-order valence-electron chi connectivity index (χ3n) is 3.49. The molecule has 3 heteroatoms. The maximum atomic E-state index is 11.1. The highest BCUT2D eigenvalue weighted by atomic mass is 16.4. The van der Waals surface area contributed by atoms with Gasteiger partial charge in [0.15, 0.2) is 0 Å². The minimum Gasteiger partial charge on any atom is -0.481 e. The zero-order valence-corrected chi connectivity index (χ0v) is 11.8. The number of aryl methyl sites for hydroxylation is 2. The van der Waals surface area contributed by atoms with Crippen LogP contribution in [0.25, 0.3) is 0 Å². The van der Waals surface area contributed by atoms with Crippen molar-refractivity contribution in [2.45, 2.75) is 32.6 Å². The van der Waals surface area contributed by atoms with Gasteiger partial charge in [-0.25, -0.2) is 0 Å². The van der Waals surface area contributed by atoms with Gasteiger partial charge in [0.1, 0.15) is 0 Å². The smallest absolute Gasteiger partial charge is 0.303 e. The molecular weight excluding hydrogens is 250 g/mol. The monoisotopic (exact) mass is 269 g/mol. The minimum absolute atomic E-state index is 0.0164. The second-order valence-electron chi connectivity index (χ2n) is 5.22. The van der Waals surface area contributed by atoms with E-state index in [-0.39, 0.29) is 12.3 Å². The lowest BCUT2D eigenvalue weighted by Gasteiger charge is -2.18. The fraction of sp³-hybridized carbons (Fsp3) is 0.294. The average molecular weight is 269 g/mol. The fourth-order valence-electron chi connectivity index (χ4n) is 2.59. The maximum absolute atomic E-state index is 11.1. The van der Waals surface area contributed by atoms with Gasteiger partial charge in [-0.1, -0.05) is 29.8 Å². The minimum atomic E-state index is -0.765. The molecule has 0 radical (unpaired) electrons. The first kappa shape index (κ1) is 14.3. The van der Waals surface area contributed by atoms with Crippen molar-refractivity contribution >= 4 is 5.97 Å². The summed E-state index contributed by atoms with van der Waals surface area (Å²) >= 11 is 0. The number of hydrogen-bond donors (Lipinski definition) is 1. The predicted octanol–water partition coefficient (Wildman–Crippen LogP) is 3.50. The van der Waals surface area contributed by atoms with Crippen LogP contribution in [0.4, 0.5) is 0 Å². The van der Waals surface area contributed by atoms with Gasteiger partial charge in [-0.2, -0.15) is 0 Å². The standard InChI is InChI=1S/C17H19NO2/c1-12-5-6-16(13(2)8-12)15(10-17(19)20)9-14-4-3-7-18-11-14/h3-8,11,15H,9-10H2,1-2H3,(H,19,20). The Kier molecular flexibility index (Phi) is 4.51. The summed E-state index contributed by atoms with van der Waals surface area (Å²) in [5, 5.41) is 9.15. The second-order valence-corrected chi connectivity index (χ2v) is 5.22. The number of nitrogens with zero attached hydrogens (tertiary/aromatic N) is 1. The van der Waals surface area contributed by atoms with Gasteiger partial charge in [-0.15, -0.1) is 0 Å². The summed E-state index contributed by atoms with van der Waals surface area (Å²) < 4.78 is 0.